The molecule has 6 nitrogen and oxygen atoms in total. The van der Waals surface area contributed by atoms with Gasteiger partial charge < -0.3 is 14.4 Å². The van der Waals surface area contributed by atoms with Crippen molar-refractivity contribution in [1.82, 2.24) is 14.5 Å². The van der Waals surface area contributed by atoms with Crippen LogP contribution in [0, 0.1) is 0 Å². The zero-order valence-corrected chi connectivity index (χ0v) is 15.6. The lowest BCUT2D eigenvalue weighted by molar-refractivity contribution is 0.00749. The second-order valence-corrected chi connectivity index (χ2v) is 7.14. The molecule has 0 aliphatic carbocycles. The summed E-state index contributed by atoms with van der Waals surface area (Å²) in [5.74, 6) is -0.178. The minimum absolute atomic E-state index is 0.247. The first kappa shape index (κ1) is 18.6. The third-order valence-electron chi connectivity index (χ3n) is 5.19. The molecule has 1 N–H and O–H groups in total. The fraction of sp³-hybridized carbons (Fsp3) is 0.333. The minimum Gasteiger partial charge on any atom is -0.478 e. The zero-order valence-electron chi connectivity index (χ0n) is 15.6. The van der Waals surface area contributed by atoms with E-state index in [-0.39, 0.29) is 12.2 Å². The molecule has 2 aromatic carbocycles. The van der Waals surface area contributed by atoms with Crippen LogP contribution >= 0.6 is 0 Å². The van der Waals surface area contributed by atoms with Gasteiger partial charge in [0, 0.05) is 26.7 Å². The first-order chi connectivity index (χ1) is 13.5. The van der Waals surface area contributed by atoms with Crippen molar-refractivity contribution in [2.45, 2.75) is 25.4 Å². The van der Waals surface area contributed by atoms with E-state index in [1.54, 1.807) is 24.3 Å². The summed E-state index contributed by atoms with van der Waals surface area (Å²) < 4.78 is 22.3. The molecule has 7 heteroatoms. The number of likely N-dealkylation sites (tertiary alicyclic amines) is 1. The second-order valence-electron chi connectivity index (χ2n) is 7.14. The highest BCUT2D eigenvalue weighted by Crippen LogP contribution is 2.22. The van der Waals surface area contributed by atoms with E-state index in [9.17, 15) is 9.18 Å². The second kappa shape index (κ2) is 7.69. The Kier molecular flexibility index (Phi) is 5.11. The molecule has 28 heavy (non-hydrogen) atoms. The Morgan fingerprint density at radius 1 is 1.21 bits per heavy atom. The summed E-state index contributed by atoms with van der Waals surface area (Å²) in [4.78, 5) is 17.5. The number of imidazole rings is 1. The van der Waals surface area contributed by atoms with E-state index in [2.05, 4.69) is 4.98 Å². The Bertz CT molecular complexity index is 986. The molecule has 1 aliphatic heterocycles. The van der Waals surface area contributed by atoms with E-state index in [1.807, 2.05) is 40.8 Å². The molecule has 0 amide bonds. The summed E-state index contributed by atoms with van der Waals surface area (Å²) >= 11 is 0. The number of hydrogen-bond donors (Lipinski definition) is 1. The van der Waals surface area contributed by atoms with Gasteiger partial charge in [0.15, 0.2) is 0 Å². The molecule has 0 spiro atoms. The van der Waals surface area contributed by atoms with Gasteiger partial charge in [-0.05, 0) is 29.8 Å². The number of carbonyl (C=O) groups is 1. The van der Waals surface area contributed by atoms with Crippen LogP contribution in [0.4, 0.5) is 4.39 Å². The molecule has 1 saturated heterocycles. The average Bonchev–Trinajstić information content (AvgIpc) is 3.20. The van der Waals surface area contributed by atoms with E-state index in [0.717, 1.165) is 22.4 Å². The van der Waals surface area contributed by atoms with E-state index in [4.69, 9.17) is 9.84 Å². The van der Waals surface area contributed by atoms with Crippen LogP contribution in [0.25, 0.3) is 11.0 Å². The maximum absolute atomic E-state index is 14.4. The first-order valence-electron chi connectivity index (χ1n) is 9.22. The van der Waals surface area contributed by atoms with Crippen molar-refractivity contribution < 1.29 is 19.0 Å². The molecular weight excluding hydrogens is 361 g/mol. The van der Waals surface area contributed by atoms with Crippen molar-refractivity contribution in [1.29, 1.82) is 0 Å². The van der Waals surface area contributed by atoms with Gasteiger partial charge in [-0.15, -0.1) is 0 Å². The number of para-hydroxylation sites is 2. The number of hydrogen-bond acceptors (Lipinski definition) is 4. The average molecular weight is 383 g/mol. The van der Waals surface area contributed by atoms with E-state index in [1.165, 1.54) is 0 Å². The van der Waals surface area contributed by atoms with Crippen LogP contribution in [0.3, 0.4) is 0 Å². The predicted molar refractivity (Wildman–Crippen MR) is 103 cm³/mol. The summed E-state index contributed by atoms with van der Waals surface area (Å²) in [6.07, 6.45) is -1.56. The Hall–Kier alpha value is -2.77. The fourth-order valence-corrected chi connectivity index (χ4v) is 3.61. The number of ether oxygens (including phenoxy) is 1. The molecule has 2 unspecified atom stereocenters. The van der Waals surface area contributed by atoms with Crippen molar-refractivity contribution >= 4 is 17.0 Å². The number of benzene rings is 2. The third-order valence-corrected chi connectivity index (χ3v) is 5.19. The number of rotatable bonds is 6. The van der Waals surface area contributed by atoms with E-state index >= 15 is 0 Å². The summed E-state index contributed by atoms with van der Waals surface area (Å²) in [6.45, 7) is 1.61. The molecule has 3 aromatic rings. The topological polar surface area (TPSA) is 67.6 Å². The molecule has 146 valence electrons. The third kappa shape index (κ3) is 3.76. The van der Waals surface area contributed by atoms with Crippen LogP contribution < -0.4 is 0 Å². The first-order valence-corrected chi connectivity index (χ1v) is 9.22. The van der Waals surface area contributed by atoms with Gasteiger partial charge in [-0.3, -0.25) is 4.90 Å². The van der Waals surface area contributed by atoms with Gasteiger partial charge in [-0.1, -0.05) is 24.3 Å². The number of aromatic carboxylic acids is 1. The number of fused-ring (bicyclic) bond motifs is 1. The monoisotopic (exact) mass is 383 g/mol. The highest BCUT2D eigenvalue weighted by atomic mass is 19.1. The number of alkyl halides is 1. The lowest BCUT2D eigenvalue weighted by atomic mass is 10.1. The number of carboxylic acid groups (broad SMARTS) is 1. The number of aryl methyl sites for hydroxylation is 1. The smallest absolute Gasteiger partial charge is 0.335 e. The molecule has 4 rings (SSSR count). The van der Waals surface area contributed by atoms with Gasteiger partial charge in [0.25, 0.3) is 0 Å². The maximum Gasteiger partial charge on any atom is 0.335 e. The van der Waals surface area contributed by atoms with Gasteiger partial charge >= 0.3 is 5.97 Å². The Morgan fingerprint density at radius 3 is 2.68 bits per heavy atom. The SMILES string of the molecule is Cn1c(COC2CN(Cc3ccc(C(=O)O)cc3)CC2F)nc2ccccc21. The quantitative estimate of drug-likeness (QED) is 0.709. The molecule has 0 bridgehead atoms. The van der Waals surface area contributed by atoms with Crippen LogP contribution in [-0.4, -0.2) is 50.9 Å². The van der Waals surface area contributed by atoms with Crippen molar-refractivity contribution in [3.05, 3.63) is 65.5 Å². The van der Waals surface area contributed by atoms with Crippen LogP contribution in [-0.2, 0) is 24.9 Å². The fourth-order valence-electron chi connectivity index (χ4n) is 3.61. The molecule has 0 saturated carbocycles. The maximum atomic E-state index is 14.4. The molecular formula is C21H22FN3O3. The predicted octanol–water partition coefficient (Wildman–Crippen LogP) is 3.01. The number of nitrogens with zero attached hydrogens (tertiary/aromatic N) is 3. The van der Waals surface area contributed by atoms with Gasteiger partial charge in [0.2, 0.25) is 0 Å². The highest BCUT2D eigenvalue weighted by molar-refractivity contribution is 5.87. The molecule has 1 aliphatic rings. The van der Waals surface area contributed by atoms with Crippen LogP contribution in [0.1, 0.15) is 21.7 Å². The number of carboxylic acids is 1. The Labute approximate surface area is 162 Å². The van der Waals surface area contributed by atoms with Gasteiger partial charge in [-0.2, -0.15) is 0 Å². The van der Waals surface area contributed by atoms with E-state index < -0.39 is 18.2 Å². The number of halogens is 1. The molecule has 0 radical (unpaired) electrons. The lowest BCUT2D eigenvalue weighted by Gasteiger charge is -2.16. The summed E-state index contributed by atoms with van der Waals surface area (Å²) in [5, 5.41) is 8.96. The molecule has 1 fully saturated rings. The molecule has 1 aromatic heterocycles. The molecule has 2 heterocycles. The van der Waals surface area contributed by atoms with Crippen LogP contribution in [0.5, 0.6) is 0 Å². The summed E-state index contributed by atoms with van der Waals surface area (Å²) in [7, 11) is 1.93. The van der Waals surface area contributed by atoms with Gasteiger partial charge in [-0.25, -0.2) is 14.2 Å². The number of aromatic nitrogens is 2. The highest BCUT2D eigenvalue weighted by Gasteiger charge is 2.33. The van der Waals surface area contributed by atoms with Crippen molar-refractivity contribution in [3.8, 4) is 0 Å². The largest absolute Gasteiger partial charge is 0.478 e. The van der Waals surface area contributed by atoms with E-state index in [0.29, 0.717) is 19.6 Å². The van der Waals surface area contributed by atoms with Crippen molar-refractivity contribution in [2.24, 2.45) is 7.05 Å². The van der Waals surface area contributed by atoms with Crippen LogP contribution in [0.2, 0.25) is 0 Å². The standard InChI is InChI=1S/C21H22FN3O3/c1-24-18-5-3-2-4-17(18)23-20(24)13-28-19-12-25(11-16(19)22)10-14-6-8-15(9-7-14)21(26)27/h2-9,16,19H,10-13H2,1H3,(H,26,27). The van der Waals surface area contributed by atoms with Crippen molar-refractivity contribution in [3.63, 3.8) is 0 Å². The molecule has 2 atom stereocenters. The van der Waals surface area contributed by atoms with Gasteiger partial charge in [0.1, 0.15) is 24.7 Å². The minimum atomic E-state index is -1.06. The normalized spacial score (nSPS) is 20.1. The zero-order chi connectivity index (χ0) is 19.7. The Morgan fingerprint density at radius 2 is 1.96 bits per heavy atom. The summed E-state index contributed by atoms with van der Waals surface area (Å²) in [6, 6.07) is 14.5. The summed E-state index contributed by atoms with van der Waals surface area (Å²) in [5.41, 5.74) is 3.12. The van der Waals surface area contributed by atoms with Crippen LogP contribution in [0.15, 0.2) is 48.5 Å². The lowest BCUT2D eigenvalue weighted by Crippen LogP contribution is -2.25. The van der Waals surface area contributed by atoms with Crippen molar-refractivity contribution in [2.75, 3.05) is 13.1 Å². The van der Waals surface area contributed by atoms with Gasteiger partial charge in [0.05, 0.1) is 16.6 Å². The Balaban J connectivity index is 1.36.